The SMILES string of the molecule is CNc1nc(Cc2cnn(C(C)(C)C#N)c2Cl)nc2c1C(C#N)=CC2. The van der Waals surface area contributed by atoms with E-state index in [4.69, 9.17) is 11.6 Å². The van der Waals surface area contributed by atoms with Crippen molar-refractivity contribution < 1.29 is 0 Å². The number of nitriles is 2. The topological polar surface area (TPSA) is 103 Å². The largest absolute Gasteiger partial charge is 0.372 e. The van der Waals surface area contributed by atoms with Crippen molar-refractivity contribution in [2.24, 2.45) is 0 Å². The lowest BCUT2D eigenvalue weighted by Gasteiger charge is -2.17. The van der Waals surface area contributed by atoms with E-state index in [2.05, 4.69) is 32.5 Å². The smallest absolute Gasteiger partial charge is 0.144 e. The number of aromatic nitrogens is 4. The fourth-order valence-corrected chi connectivity index (χ4v) is 3.12. The first kappa shape index (κ1) is 16.9. The molecule has 2 aromatic heterocycles. The van der Waals surface area contributed by atoms with E-state index in [1.165, 1.54) is 4.68 Å². The molecular formula is C17H16ClN7. The van der Waals surface area contributed by atoms with Crippen molar-refractivity contribution in [2.45, 2.75) is 32.2 Å². The summed E-state index contributed by atoms with van der Waals surface area (Å²) in [6.07, 6.45) is 4.49. The number of allylic oxidation sites excluding steroid dienone is 2. The zero-order chi connectivity index (χ0) is 18.2. The average molecular weight is 354 g/mol. The Balaban J connectivity index is 1.97. The molecule has 1 aliphatic rings. The first-order valence-electron chi connectivity index (χ1n) is 7.73. The van der Waals surface area contributed by atoms with Crippen molar-refractivity contribution in [3.05, 3.63) is 40.1 Å². The summed E-state index contributed by atoms with van der Waals surface area (Å²) < 4.78 is 1.49. The normalized spacial score (nSPS) is 13.0. The van der Waals surface area contributed by atoms with Crippen molar-refractivity contribution >= 4 is 23.0 Å². The number of fused-ring (bicyclic) bond motifs is 1. The van der Waals surface area contributed by atoms with E-state index in [9.17, 15) is 10.5 Å². The van der Waals surface area contributed by atoms with Gasteiger partial charge in [-0.1, -0.05) is 17.7 Å². The van der Waals surface area contributed by atoms with Gasteiger partial charge in [0.25, 0.3) is 0 Å². The van der Waals surface area contributed by atoms with Gasteiger partial charge in [0.15, 0.2) is 0 Å². The van der Waals surface area contributed by atoms with E-state index >= 15 is 0 Å². The number of anilines is 1. The molecule has 0 fully saturated rings. The van der Waals surface area contributed by atoms with Gasteiger partial charge in [-0.05, 0) is 13.8 Å². The molecule has 0 aromatic carbocycles. The summed E-state index contributed by atoms with van der Waals surface area (Å²) in [6, 6.07) is 4.35. The Hall–Kier alpha value is -2.90. The number of nitrogens with one attached hydrogen (secondary N) is 1. The monoisotopic (exact) mass is 353 g/mol. The van der Waals surface area contributed by atoms with Crippen LogP contribution in [0.25, 0.3) is 5.57 Å². The van der Waals surface area contributed by atoms with E-state index in [0.29, 0.717) is 35.2 Å². The van der Waals surface area contributed by atoms with Gasteiger partial charge in [0.05, 0.1) is 35.2 Å². The van der Waals surface area contributed by atoms with Gasteiger partial charge < -0.3 is 5.32 Å². The quantitative estimate of drug-likeness (QED) is 0.906. The van der Waals surface area contributed by atoms with Crippen molar-refractivity contribution in [1.82, 2.24) is 19.7 Å². The highest BCUT2D eigenvalue weighted by Crippen LogP contribution is 2.32. The molecule has 2 aromatic rings. The maximum Gasteiger partial charge on any atom is 0.144 e. The van der Waals surface area contributed by atoms with Crippen LogP contribution in [0.4, 0.5) is 5.82 Å². The number of hydrogen-bond acceptors (Lipinski definition) is 6. The molecule has 0 saturated heterocycles. The third-order valence-electron chi connectivity index (χ3n) is 4.09. The van der Waals surface area contributed by atoms with Crippen LogP contribution in [0.15, 0.2) is 12.3 Å². The van der Waals surface area contributed by atoms with Gasteiger partial charge in [0.2, 0.25) is 0 Å². The summed E-state index contributed by atoms with van der Waals surface area (Å²) in [4.78, 5) is 9.09. The second kappa shape index (κ2) is 6.19. The zero-order valence-electron chi connectivity index (χ0n) is 14.1. The molecule has 2 heterocycles. The Morgan fingerprint density at radius 1 is 1.36 bits per heavy atom. The van der Waals surface area contributed by atoms with Crippen LogP contribution < -0.4 is 5.32 Å². The summed E-state index contributed by atoms with van der Waals surface area (Å²) in [5.41, 5.74) is 2.09. The lowest BCUT2D eigenvalue weighted by atomic mass is 10.1. The van der Waals surface area contributed by atoms with E-state index in [1.54, 1.807) is 27.1 Å². The fraction of sp³-hybridized carbons (Fsp3) is 0.353. The van der Waals surface area contributed by atoms with Crippen molar-refractivity contribution in [3.8, 4) is 12.1 Å². The van der Waals surface area contributed by atoms with Crippen molar-refractivity contribution in [2.75, 3.05) is 12.4 Å². The number of nitrogens with zero attached hydrogens (tertiary/aromatic N) is 6. The molecule has 3 rings (SSSR count). The summed E-state index contributed by atoms with van der Waals surface area (Å²) in [5, 5.41) is 26.1. The molecule has 25 heavy (non-hydrogen) atoms. The molecule has 0 aliphatic heterocycles. The predicted octanol–water partition coefficient (Wildman–Crippen LogP) is 2.68. The molecule has 0 saturated carbocycles. The summed E-state index contributed by atoms with van der Waals surface area (Å²) >= 11 is 6.40. The molecule has 1 N–H and O–H groups in total. The Morgan fingerprint density at radius 2 is 2.12 bits per heavy atom. The zero-order valence-corrected chi connectivity index (χ0v) is 14.9. The van der Waals surface area contributed by atoms with Crippen LogP contribution in [0.1, 0.15) is 36.5 Å². The standard InChI is InChI=1S/C17H16ClN7/c1-17(2,9-20)25-15(18)11(8-22-25)6-13-23-12-5-4-10(7-19)14(12)16(21-3)24-13/h4,8H,5-6H2,1-3H3,(H,21,23,24). The van der Waals surface area contributed by atoms with Crippen LogP contribution in [0.5, 0.6) is 0 Å². The van der Waals surface area contributed by atoms with Crippen molar-refractivity contribution in [3.63, 3.8) is 0 Å². The Kier molecular flexibility index (Phi) is 4.20. The summed E-state index contributed by atoms with van der Waals surface area (Å²) in [5.74, 6) is 1.22. The first-order valence-corrected chi connectivity index (χ1v) is 8.11. The van der Waals surface area contributed by atoms with Crippen LogP contribution in [0.3, 0.4) is 0 Å². The minimum Gasteiger partial charge on any atom is -0.372 e. The third-order valence-corrected chi connectivity index (χ3v) is 4.49. The molecule has 7 nitrogen and oxygen atoms in total. The molecule has 8 heteroatoms. The van der Waals surface area contributed by atoms with Crippen LogP contribution in [-0.2, 0) is 18.4 Å². The molecule has 0 unspecified atom stereocenters. The molecule has 0 amide bonds. The van der Waals surface area contributed by atoms with Gasteiger partial charge in [0.1, 0.15) is 22.3 Å². The van der Waals surface area contributed by atoms with Crippen molar-refractivity contribution in [1.29, 1.82) is 10.5 Å². The van der Waals surface area contributed by atoms with E-state index in [1.807, 2.05) is 6.08 Å². The predicted molar refractivity (Wildman–Crippen MR) is 93.9 cm³/mol. The van der Waals surface area contributed by atoms with Gasteiger partial charge >= 0.3 is 0 Å². The summed E-state index contributed by atoms with van der Waals surface area (Å²) in [7, 11) is 1.76. The van der Waals surface area contributed by atoms with Crippen LogP contribution in [-0.4, -0.2) is 26.8 Å². The highest BCUT2D eigenvalue weighted by Gasteiger charge is 2.26. The molecule has 1 aliphatic carbocycles. The lowest BCUT2D eigenvalue weighted by molar-refractivity contribution is 0.419. The minimum absolute atomic E-state index is 0.393. The first-order chi connectivity index (χ1) is 11.9. The fourth-order valence-electron chi connectivity index (χ4n) is 2.74. The van der Waals surface area contributed by atoms with Gasteiger partial charge in [0, 0.05) is 25.5 Å². The molecule has 0 bridgehead atoms. The summed E-state index contributed by atoms with van der Waals surface area (Å²) in [6.45, 7) is 3.49. The van der Waals surface area contributed by atoms with Crippen LogP contribution >= 0.6 is 11.6 Å². The van der Waals surface area contributed by atoms with Gasteiger partial charge in [-0.2, -0.15) is 15.6 Å². The Bertz CT molecular complexity index is 957. The van der Waals surface area contributed by atoms with Gasteiger partial charge in [-0.3, -0.25) is 0 Å². The van der Waals surface area contributed by atoms with E-state index in [-0.39, 0.29) is 0 Å². The van der Waals surface area contributed by atoms with Gasteiger partial charge in [-0.15, -0.1) is 0 Å². The maximum atomic E-state index is 9.26. The lowest BCUT2D eigenvalue weighted by Crippen LogP contribution is -2.25. The highest BCUT2D eigenvalue weighted by molar-refractivity contribution is 6.30. The molecule has 0 radical (unpaired) electrons. The highest BCUT2D eigenvalue weighted by atomic mass is 35.5. The van der Waals surface area contributed by atoms with E-state index in [0.717, 1.165) is 16.8 Å². The molecular weight excluding hydrogens is 338 g/mol. The Labute approximate surface area is 150 Å². The molecule has 0 atom stereocenters. The number of rotatable bonds is 4. The third kappa shape index (κ3) is 2.84. The maximum absolute atomic E-state index is 9.26. The van der Waals surface area contributed by atoms with Gasteiger partial charge in [-0.25, -0.2) is 14.6 Å². The molecule has 0 spiro atoms. The van der Waals surface area contributed by atoms with Crippen LogP contribution in [0, 0.1) is 22.7 Å². The number of halogens is 1. The second-order valence-electron chi connectivity index (χ2n) is 6.21. The van der Waals surface area contributed by atoms with Crippen LogP contribution in [0.2, 0.25) is 5.15 Å². The second-order valence-corrected chi connectivity index (χ2v) is 6.57. The van der Waals surface area contributed by atoms with E-state index < -0.39 is 5.54 Å². The average Bonchev–Trinajstić information content (AvgIpc) is 3.18. The molecule has 126 valence electrons. The Morgan fingerprint density at radius 3 is 2.76 bits per heavy atom. The minimum atomic E-state index is -0.837. The number of hydrogen-bond donors (Lipinski definition) is 1.